The summed E-state index contributed by atoms with van der Waals surface area (Å²) in [5.74, 6) is -1.12. The van der Waals surface area contributed by atoms with Crippen LogP contribution in [0, 0.1) is 13.8 Å². The van der Waals surface area contributed by atoms with Crippen LogP contribution in [0.4, 0.5) is 5.69 Å². The minimum Gasteiger partial charge on any atom is -0.452 e. The summed E-state index contributed by atoms with van der Waals surface area (Å²) in [6.07, 6.45) is 3.03. The number of aryl methyl sites for hydroxylation is 2. The summed E-state index contributed by atoms with van der Waals surface area (Å²) in [6.45, 7) is 3.63. The molecule has 0 aliphatic heterocycles. The SMILES string of the molecule is Cc1sc2ncnc(Sc3ccccc3C(=O)OCC(=O)Nc3cccnc3Cl)c2c1C. The Labute approximate surface area is 197 Å². The van der Waals surface area contributed by atoms with Crippen LogP contribution in [-0.4, -0.2) is 33.4 Å². The Bertz CT molecular complexity index is 1330. The van der Waals surface area contributed by atoms with Crippen LogP contribution in [0.2, 0.25) is 5.15 Å². The second-order valence-corrected chi connectivity index (χ2v) is 9.30. The van der Waals surface area contributed by atoms with Gasteiger partial charge in [-0.2, -0.15) is 0 Å². The Balaban J connectivity index is 1.50. The van der Waals surface area contributed by atoms with Crippen molar-refractivity contribution >= 4 is 62.5 Å². The summed E-state index contributed by atoms with van der Waals surface area (Å²) in [5.41, 5.74) is 1.82. The highest BCUT2D eigenvalue weighted by Gasteiger charge is 2.19. The van der Waals surface area contributed by atoms with Crippen LogP contribution in [-0.2, 0) is 9.53 Å². The van der Waals surface area contributed by atoms with E-state index in [1.807, 2.05) is 26.0 Å². The number of nitrogens with zero attached hydrogens (tertiary/aromatic N) is 3. The summed E-state index contributed by atoms with van der Waals surface area (Å²) in [5, 5.41) is 4.47. The Morgan fingerprint density at radius 3 is 2.75 bits per heavy atom. The molecule has 0 bridgehead atoms. The number of fused-ring (bicyclic) bond motifs is 1. The summed E-state index contributed by atoms with van der Waals surface area (Å²) >= 11 is 8.91. The average molecular weight is 485 g/mol. The van der Waals surface area contributed by atoms with E-state index in [2.05, 4.69) is 20.3 Å². The molecule has 1 aromatic carbocycles. The molecule has 162 valence electrons. The average Bonchev–Trinajstić information content (AvgIpc) is 3.08. The molecule has 32 heavy (non-hydrogen) atoms. The lowest BCUT2D eigenvalue weighted by atomic mass is 10.2. The van der Waals surface area contributed by atoms with Crippen LogP contribution < -0.4 is 5.32 Å². The van der Waals surface area contributed by atoms with Crippen molar-refractivity contribution in [1.29, 1.82) is 0 Å². The lowest BCUT2D eigenvalue weighted by Gasteiger charge is -2.10. The van der Waals surface area contributed by atoms with Gasteiger partial charge in [0.2, 0.25) is 0 Å². The minimum atomic E-state index is -0.607. The fraction of sp³-hybridized carbons (Fsp3) is 0.136. The number of benzene rings is 1. The first kappa shape index (κ1) is 22.2. The number of esters is 1. The van der Waals surface area contributed by atoms with Crippen molar-refractivity contribution in [3.8, 4) is 0 Å². The lowest BCUT2D eigenvalue weighted by molar-refractivity contribution is -0.119. The molecule has 0 saturated heterocycles. The largest absolute Gasteiger partial charge is 0.452 e. The third kappa shape index (κ3) is 4.74. The van der Waals surface area contributed by atoms with Crippen molar-refractivity contribution in [3.05, 3.63) is 70.1 Å². The predicted molar refractivity (Wildman–Crippen MR) is 126 cm³/mol. The molecule has 0 atom stereocenters. The maximum Gasteiger partial charge on any atom is 0.339 e. The zero-order chi connectivity index (χ0) is 22.7. The number of amides is 1. The Morgan fingerprint density at radius 2 is 1.94 bits per heavy atom. The zero-order valence-electron chi connectivity index (χ0n) is 17.1. The van der Waals surface area contributed by atoms with Crippen LogP contribution in [0.3, 0.4) is 0 Å². The normalized spacial score (nSPS) is 10.8. The molecule has 0 fully saturated rings. The molecule has 0 aliphatic carbocycles. The molecule has 1 N–H and O–H groups in total. The molecule has 3 heterocycles. The summed E-state index contributed by atoms with van der Waals surface area (Å²) in [4.78, 5) is 40.3. The Hall–Kier alpha value is -3.01. The van der Waals surface area contributed by atoms with Gasteiger partial charge in [0.15, 0.2) is 11.8 Å². The van der Waals surface area contributed by atoms with Gasteiger partial charge in [-0.15, -0.1) is 11.3 Å². The molecular formula is C22H17ClN4O3S2. The van der Waals surface area contributed by atoms with E-state index in [0.29, 0.717) is 16.1 Å². The lowest BCUT2D eigenvalue weighted by Crippen LogP contribution is -2.21. The smallest absolute Gasteiger partial charge is 0.339 e. The van der Waals surface area contributed by atoms with Gasteiger partial charge in [-0.3, -0.25) is 4.79 Å². The molecule has 4 aromatic rings. The van der Waals surface area contributed by atoms with Crippen molar-refractivity contribution in [2.75, 3.05) is 11.9 Å². The van der Waals surface area contributed by atoms with Crippen molar-refractivity contribution in [2.24, 2.45) is 0 Å². The van der Waals surface area contributed by atoms with Crippen LogP contribution in [0.1, 0.15) is 20.8 Å². The predicted octanol–water partition coefficient (Wildman–Crippen LogP) is 5.30. The molecule has 0 radical (unpaired) electrons. The number of rotatable bonds is 6. The summed E-state index contributed by atoms with van der Waals surface area (Å²) < 4.78 is 5.24. The van der Waals surface area contributed by atoms with E-state index in [1.54, 1.807) is 35.6 Å². The highest BCUT2D eigenvalue weighted by Crippen LogP contribution is 2.38. The van der Waals surface area contributed by atoms with Crippen molar-refractivity contribution in [2.45, 2.75) is 23.8 Å². The monoisotopic (exact) mass is 484 g/mol. The first-order valence-electron chi connectivity index (χ1n) is 9.49. The fourth-order valence-electron chi connectivity index (χ4n) is 2.93. The van der Waals surface area contributed by atoms with Crippen molar-refractivity contribution < 1.29 is 14.3 Å². The second-order valence-electron chi connectivity index (χ2n) is 6.71. The number of hydrogen-bond donors (Lipinski definition) is 1. The number of halogens is 1. The summed E-state index contributed by atoms with van der Waals surface area (Å²) in [6, 6.07) is 10.3. The number of hydrogen-bond acceptors (Lipinski definition) is 8. The number of anilines is 1. The van der Waals surface area contributed by atoms with Crippen LogP contribution >= 0.6 is 34.7 Å². The van der Waals surface area contributed by atoms with E-state index >= 15 is 0 Å². The molecule has 0 aliphatic rings. The molecule has 0 unspecified atom stereocenters. The second kappa shape index (κ2) is 9.64. The van der Waals surface area contributed by atoms with Gasteiger partial charge in [0.05, 0.1) is 11.3 Å². The van der Waals surface area contributed by atoms with Gasteiger partial charge in [0, 0.05) is 21.4 Å². The molecule has 10 heteroatoms. The maximum absolute atomic E-state index is 12.7. The molecule has 0 spiro atoms. The molecular weight excluding hydrogens is 468 g/mol. The van der Waals surface area contributed by atoms with Crippen LogP contribution in [0.25, 0.3) is 10.2 Å². The Kier molecular flexibility index (Phi) is 6.69. The molecule has 1 amide bonds. The van der Waals surface area contributed by atoms with Gasteiger partial charge < -0.3 is 10.1 Å². The topological polar surface area (TPSA) is 94.1 Å². The number of carbonyl (C=O) groups is 2. The van der Waals surface area contributed by atoms with E-state index in [9.17, 15) is 9.59 Å². The van der Waals surface area contributed by atoms with E-state index in [1.165, 1.54) is 29.2 Å². The van der Waals surface area contributed by atoms with Crippen molar-refractivity contribution in [1.82, 2.24) is 15.0 Å². The molecule has 0 saturated carbocycles. The van der Waals surface area contributed by atoms with Crippen LogP contribution in [0.15, 0.2) is 58.8 Å². The molecule has 3 aromatic heterocycles. The number of aromatic nitrogens is 3. The summed E-state index contributed by atoms with van der Waals surface area (Å²) in [7, 11) is 0. The van der Waals surface area contributed by atoms with E-state index in [-0.39, 0.29) is 5.15 Å². The maximum atomic E-state index is 12.7. The van der Waals surface area contributed by atoms with Gasteiger partial charge in [0.1, 0.15) is 16.2 Å². The van der Waals surface area contributed by atoms with E-state index < -0.39 is 18.5 Å². The van der Waals surface area contributed by atoms with Gasteiger partial charge in [-0.1, -0.05) is 35.5 Å². The van der Waals surface area contributed by atoms with Crippen molar-refractivity contribution in [3.63, 3.8) is 0 Å². The first-order chi connectivity index (χ1) is 15.4. The fourth-order valence-corrected chi connectivity index (χ4v) is 5.23. The molecule has 4 rings (SSSR count). The number of pyridine rings is 1. The van der Waals surface area contributed by atoms with E-state index in [4.69, 9.17) is 16.3 Å². The molecule has 7 nitrogen and oxygen atoms in total. The number of nitrogens with one attached hydrogen (secondary N) is 1. The third-order valence-electron chi connectivity index (χ3n) is 4.61. The van der Waals surface area contributed by atoms with Crippen LogP contribution in [0.5, 0.6) is 0 Å². The number of carbonyl (C=O) groups excluding carboxylic acids is 2. The third-order valence-corrected chi connectivity index (χ3v) is 7.11. The zero-order valence-corrected chi connectivity index (χ0v) is 19.5. The number of ether oxygens (including phenoxy) is 1. The highest BCUT2D eigenvalue weighted by molar-refractivity contribution is 7.99. The Morgan fingerprint density at radius 1 is 1.12 bits per heavy atom. The quantitative estimate of drug-likeness (QED) is 0.225. The minimum absolute atomic E-state index is 0.157. The number of thiophene rings is 1. The van der Waals surface area contributed by atoms with Gasteiger partial charge in [-0.05, 0) is 43.7 Å². The van der Waals surface area contributed by atoms with E-state index in [0.717, 1.165) is 20.8 Å². The highest BCUT2D eigenvalue weighted by atomic mass is 35.5. The van der Waals surface area contributed by atoms with Gasteiger partial charge in [-0.25, -0.2) is 19.7 Å². The standard InChI is InChI=1S/C22H17ClN4O3S2/c1-12-13(2)31-20-18(12)21(26-11-25-20)32-16-8-4-3-6-14(16)22(29)30-10-17(28)27-15-7-5-9-24-19(15)23/h3-9,11H,10H2,1-2H3,(H,27,28). The van der Waals surface area contributed by atoms with Gasteiger partial charge >= 0.3 is 5.97 Å². The van der Waals surface area contributed by atoms with Gasteiger partial charge in [0.25, 0.3) is 5.91 Å². The first-order valence-corrected chi connectivity index (χ1v) is 11.5.